The standard InChI is InChI=1S/C9H11N/c1-3-8-6-4-5-7-9(8)10-2/h3-8H,1H2,2H3. The summed E-state index contributed by atoms with van der Waals surface area (Å²) < 4.78 is 0. The summed E-state index contributed by atoms with van der Waals surface area (Å²) in [5, 5.41) is 0. The maximum Gasteiger partial charge on any atom is 0.0451 e. The van der Waals surface area contributed by atoms with Crippen LogP contribution in [0.5, 0.6) is 0 Å². The first-order valence-electron chi connectivity index (χ1n) is 3.32. The van der Waals surface area contributed by atoms with E-state index >= 15 is 0 Å². The van der Waals surface area contributed by atoms with Gasteiger partial charge in [-0.25, -0.2) is 0 Å². The van der Waals surface area contributed by atoms with E-state index in [1.54, 1.807) is 7.05 Å². The van der Waals surface area contributed by atoms with Gasteiger partial charge in [0.1, 0.15) is 0 Å². The second-order valence-electron chi connectivity index (χ2n) is 2.15. The van der Waals surface area contributed by atoms with Crippen LogP contribution >= 0.6 is 0 Å². The summed E-state index contributed by atoms with van der Waals surface area (Å²) in [6.45, 7) is 3.72. The van der Waals surface area contributed by atoms with E-state index in [2.05, 4.69) is 17.6 Å². The summed E-state index contributed by atoms with van der Waals surface area (Å²) >= 11 is 0. The van der Waals surface area contributed by atoms with Gasteiger partial charge in [0.2, 0.25) is 0 Å². The van der Waals surface area contributed by atoms with Crippen LogP contribution in [0, 0.1) is 5.92 Å². The Morgan fingerprint density at radius 1 is 1.60 bits per heavy atom. The number of allylic oxidation sites excluding steroid dienone is 5. The van der Waals surface area contributed by atoms with Gasteiger partial charge in [0.05, 0.1) is 0 Å². The van der Waals surface area contributed by atoms with Crippen LogP contribution in [0.25, 0.3) is 0 Å². The number of aliphatic imine (C=N–C) groups is 1. The molecule has 1 unspecified atom stereocenters. The van der Waals surface area contributed by atoms with E-state index in [1.807, 2.05) is 24.3 Å². The Bertz CT molecular complexity index is 209. The van der Waals surface area contributed by atoms with Gasteiger partial charge in [0.25, 0.3) is 0 Å². The average molecular weight is 133 g/mol. The first kappa shape index (κ1) is 7.00. The van der Waals surface area contributed by atoms with E-state index in [4.69, 9.17) is 0 Å². The van der Waals surface area contributed by atoms with E-state index in [-0.39, 0.29) is 0 Å². The van der Waals surface area contributed by atoms with Crippen molar-refractivity contribution in [2.45, 2.75) is 0 Å². The van der Waals surface area contributed by atoms with Crippen LogP contribution in [0.15, 0.2) is 42.0 Å². The third-order valence-electron chi connectivity index (χ3n) is 1.55. The molecule has 0 amide bonds. The van der Waals surface area contributed by atoms with Crippen molar-refractivity contribution in [2.75, 3.05) is 7.05 Å². The molecule has 1 heteroatoms. The normalized spacial score (nSPS) is 27.3. The smallest absolute Gasteiger partial charge is 0.0451 e. The number of hydrogen-bond acceptors (Lipinski definition) is 1. The average Bonchev–Trinajstić information content (AvgIpc) is 2.04. The highest BCUT2D eigenvalue weighted by Crippen LogP contribution is 2.09. The van der Waals surface area contributed by atoms with Gasteiger partial charge in [-0.2, -0.15) is 0 Å². The number of nitrogens with zero attached hydrogens (tertiary/aromatic N) is 1. The van der Waals surface area contributed by atoms with Gasteiger partial charge < -0.3 is 0 Å². The van der Waals surface area contributed by atoms with Crippen molar-refractivity contribution in [3.63, 3.8) is 0 Å². The molecular formula is C9H11N. The van der Waals surface area contributed by atoms with Crippen molar-refractivity contribution in [1.29, 1.82) is 0 Å². The first-order chi connectivity index (χ1) is 4.88. The second-order valence-corrected chi connectivity index (χ2v) is 2.15. The maximum absolute atomic E-state index is 4.11. The summed E-state index contributed by atoms with van der Waals surface area (Å²) in [5.41, 5.74) is 1.08. The minimum atomic E-state index is 0.315. The fraction of sp³-hybridized carbons (Fsp3) is 0.222. The molecule has 0 N–H and O–H groups in total. The van der Waals surface area contributed by atoms with Gasteiger partial charge in [-0.1, -0.05) is 24.3 Å². The third-order valence-corrected chi connectivity index (χ3v) is 1.55. The summed E-state index contributed by atoms with van der Waals surface area (Å²) in [7, 11) is 1.80. The SMILES string of the molecule is C=CC1C=CC=CC1=NC. The Morgan fingerprint density at radius 2 is 2.40 bits per heavy atom. The van der Waals surface area contributed by atoms with Crippen LogP contribution in [-0.2, 0) is 0 Å². The van der Waals surface area contributed by atoms with Gasteiger partial charge in [0.15, 0.2) is 0 Å². The van der Waals surface area contributed by atoms with Gasteiger partial charge >= 0.3 is 0 Å². The number of rotatable bonds is 1. The van der Waals surface area contributed by atoms with Crippen LogP contribution < -0.4 is 0 Å². The molecule has 1 aliphatic rings. The van der Waals surface area contributed by atoms with Gasteiger partial charge in [-0.3, -0.25) is 4.99 Å². The zero-order valence-corrected chi connectivity index (χ0v) is 6.12. The van der Waals surface area contributed by atoms with Crippen LogP contribution in [0.4, 0.5) is 0 Å². The van der Waals surface area contributed by atoms with Crippen LogP contribution in [0.3, 0.4) is 0 Å². The van der Waals surface area contributed by atoms with E-state index in [1.165, 1.54) is 0 Å². The second kappa shape index (κ2) is 3.16. The Morgan fingerprint density at radius 3 is 2.90 bits per heavy atom. The van der Waals surface area contributed by atoms with Crippen molar-refractivity contribution in [1.82, 2.24) is 0 Å². The predicted molar refractivity (Wildman–Crippen MR) is 45.3 cm³/mol. The third kappa shape index (κ3) is 1.24. The van der Waals surface area contributed by atoms with Crippen molar-refractivity contribution < 1.29 is 0 Å². The fourth-order valence-electron chi connectivity index (χ4n) is 0.971. The van der Waals surface area contributed by atoms with Crippen molar-refractivity contribution >= 4 is 5.71 Å². The summed E-state index contributed by atoms with van der Waals surface area (Å²) in [4.78, 5) is 4.11. The van der Waals surface area contributed by atoms with Gasteiger partial charge in [0, 0.05) is 18.7 Å². The van der Waals surface area contributed by atoms with E-state index in [0.29, 0.717) is 5.92 Å². The molecule has 1 nitrogen and oxygen atoms in total. The molecule has 0 aromatic carbocycles. The highest BCUT2D eigenvalue weighted by molar-refractivity contribution is 6.00. The molecular weight excluding hydrogens is 122 g/mol. The van der Waals surface area contributed by atoms with Crippen molar-refractivity contribution in [2.24, 2.45) is 10.9 Å². The lowest BCUT2D eigenvalue weighted by molar-refractivity contribution is 1.12. The molecule has 0 heterocycles. The zero-order chi connectivity index (χ0) is 7.40. The lowest BCUT2D eigenvalue weighted by atomic mass is 9.99. The lowest BCUT2D eigenvalue weighted by Crippen LogP contribution is -2.08. The molecule has 0 saturated carbocycles. The molecule has 0 radical (unpaired) electrons. The van der Waals surface area contributed by atoms with Crippen molar-refractivity contribution in [3.8, 4) is 0 Å². The molecule has 52 valence electrons. The molecule has 1 atom stereocenters. The van der Waals surface area contributed by atoms with Gasteiger partial charge in [-0.15, -0.1) is 6.58 Å². The topological polar surface area (TPSA) is 12.4 Å². The Kier molecular flexibility index (Phi) is 2.21. The van der Waals surface area contributed by atoms with Crippen LogP contribution in [0.1, 0.15) is 0 Å². The molecule has 0 aromatic heterocycles. The van der Waals surface area contributed by atoms with Crippen molar-refractivity contribution in [3.05, 3.63) is 37.0 Å². The van der Waals surface area contributed by atoms with Crippen LogP contribution in [0.2, 0.25) is 0 Å². The fourth-order valence-corrected chi connectivity index (χ4v) is 0.971. The highest BCUT2D eigenvalue weighted by atomic mass is 14.7. The first-order valence-corrected chi connectivity index (χ1v) is 3.32. The molecule has 0 aliphatic heterocycles. The molecule has 1 rings (SSSR count). The Balaban J connectivity index is 2.83. The largest absolute Gasteiger partial charge is 0.292 e. The zero-order valence-electron chi connectivity index (χ0n) is 6.12. The Hall–Kier alpha value is -1.11. The molecule has 0 bridgehead atoms. The molecule has 10 heavy (non-hydrogen) atoms. The molecule has 0 spiro atoms. The minimum Gasteiger partial charge on any atom is -0.292 e. The molecule has 1 aliphatic carbocycles. The molecule has 0 fully saturated rings. The Labute approximate surface area is 61.5 Å². The van der Waals surface area contributed by atoms with E-state index in [9.17, 15) is 0 Å². The predicted octanol–water partition coefficient (Wildman–Crippen LogP) is 1.99. The van der Waals surface area contributed by atoms with Crippen LogP contribution in [-0.4, -0.2) is 12.8 Å². The van der Waals surface area contributed by atoms with E-state index in [0.717, 1.165) is 5.71 Å². The highest BCUT2D eigenvalue weighted by Gasteiger charge is 2.05. The minimum absolute atomic E-state index is 0.315. The summed E-state index contributed by atoms with van der Waals surface area (Å²) in [5.74, 6) is 0.315. The summed E-state index contributed by atoms with van der Waals surface area (Å²) in [6.07, 6.45) is 9.98. The molecule has 0 aromatic rings. The van der Waals surface area contributed by atoms with Gasteiger partial charge in [-0.05, 0) is 6.08 Å². The quantitative estimate of drug-likeness (QED) is 0.485. The maximum atomic E-state index is 4.11. The monoisotopic (exact) mass is 133 g/mol. The van der Waals surface area contributed by atoms with E-state index < -0.39 is 0 Å². The number of hydrogen-bond donors (Lipinski definition) is 0. The molecule has 0 saturated heterocycles. The lowest BCUT2D eigenvalue weighted by Gasteiger charge is -2.09. The summed E-state index contributed by atoms with van der Waals surface area (Å²) in [6, 6.07) is 0.